The Hall–Kier alpha value is -3.69. The Morgan fingerprint density at radius 3 is 2.65 bits per heavy atom. The van der Waals surface area contributed by atoms with E-state index < -0.39 is 23.7 Å². The largest absolute Gasteiger partial charge is 0.496 e. The van der Waals surface area contributed by atoms with Gasteiger partial charge in [0.05, 0.1) is 19.2 Å². The van der Waals surface area contributed by atoms with Crippen molar-refractivity contribution in [2.24, 2.45) is 0 Å². The van der Waals surface area contributed by atoms with Crippen molar-refractivity contribution in [3.8, 4) is 5.75 Å². The molecule has 0 spiro atoms. The molecule has 0 saturated carbocycles. The first-order chi connectivity index (χ1) is 16.4. The van der Waals surface area contributed by atoms with Crippen LogP contribution in [0.3, 0.4) is 0 Å². The minimum atomic E-state index is -0.637. The number of nitrogens with zero attached hydrogens (tertiary/aromatic N) is 2. The Morgan fingerprint density at radius 1 is 1.12 bits per heavy atom. The summed E-state index contributed by atoms with van der Waals surface area (Å²) in [5.41, 5.74) is 1.02. The summed E-state index contributed by atoms with van der Waals surface area (Å²) in [5, 5.41) is 4.92. The Kier molecular flexibility index (Phi) is 6.95. The molecule has 0 bridgehead atoms. The number of thiophene rings is 1. The first-order valence-electron chi connectivity index (χ1n) is 10.3. The minimum absolute atomic E-state index is 0.0540. The fraction of sp³-hybridized carbons (Fsp3) is 0.167. The molecule has 10 heteroatoms. The van der Waals surface area contributed by atoms with Crippen LogP contribution in [0.2, 0.25) is 5.02 Å². The number of carbonyl (C=O) groups excluding carboxylic acids is 2. The minimum Gasteiger partial charge on any atom is -0.496 e. The molecule has 2 aromatic heterocycles. The van der Waals surface area contributed by atoms with Gasteiger partial charge < -0.3 is 10.1 Å². The van der Waals surface area contributed by atoms with Crippen LogP contribution in [0.1, 0.15) is 21.5 Å². The van der Waals surface area contributed by atoms with Crippen molar-refractivity contribution in [3.63, 3.8) is 0 Å². The van der Waals surface area contributed by atoms with Gasteiger partial charge in [-0.3, -0.25) is 19.0 Å². The second kappa shape index (κ2) is 10.1. The van der Waals surface area contributed by atoms with Gasteiger partial charge in [-0.05, 0) is 41.3 Å². The maximum Gasteiger partial charge on any atom is 0.332 e. The highest BCUT2D eigenvalue weighted by Crippen LogP contribution is 2.22. The van der Waals surface area contributed by atoms with E-state index in [1.807, 2.05) is 0 Å². The second-order valence-corrected chi connectivity index (χ2v) is 8.78. The van der Waals surface area contributed by atoms with Crippen LogP contribution in [-0.2, 0) is 24.4 Å². The molecular weight excluding hydrogens is 478 g/mol. The zero-order valence-corrected chi connectivity index (χ0v) is 19.7. The number of amides is 1. The van der Waals surface area contributed by atoms with E-state index in [2.05, 4.69) is 5.32 Å². The number of hydrogen-bond acceptors (Lipinski definition) is 6. The number of ether oxygens (including phenoxy) is 1. The van der Waals surface area contributed by atoms with Crippen molar-refractivity contribution in [1.82, 2.24) is 14.5 Å². The van der Waals surface area contributed by atoms with Gasteiger partial charge in [0.1, 0.15) is 23.3 Å². The Labute approximate surface area is 203 Å². The molecule has 0 radical (unpaired) electrons. The van der Waals surface area contributed by atoms with Crippen LogP contribution in [0, 0.1) is 0 Å². The summed E-state index contributed by atoms with van der Waals surface area (Å²) in [6.07, 6.45) is 0.705. The molecule has 2 heterocycles. The summed E-state index contributed by atoms with van der Waals surface area (Å²) >= 11 is 7.31. The number of nitrogens with one attached hydrogen (secondary N) is 1. The highest BCUT2D eigenvalue weighted by Gasteiger charge is 2.18. The maximum atomic E-state index is 13.3. The zero-order chi connectivity index (χ0) is 24.2. The summed E-state index contributed by atoms with van der Waals surface area (Å²) in [7, 11) is 1.49. The van der Waals surface area contributed by atoms with Crippen molar-refractivity contribution < 1.29 is 14.3 Å². The molecule has 0 aliphatic carbocycles. The summed E-state index contributed by atoms with van der Waals surface area (Å²) in [5.74, 6) is -0.00165. The summed E-state index contributed by atoms with van der Waals surface area (Å²) in [6, 6.07) is 13.6. The smallest absolute Gasteiger partial charge is 0.332 e. The molecule has 1 amide bonds. The molecule has 0 unspecified atom stereocenters. The monoisotopic (exact) mass is 497 g/mol. The number of rotatable bonds is 8. The normalized spacial score (nSPS) is 10.9. The average molecular weight is 498 g/mol. The molecule has 0 saturated heterocycles. The van der Waals surface area contributed by atoms with Crippen molar-refractivity contribution >= 4 is 45.3 Å². The molecule has 1 N–H and O–H groups in total. The van der Waals surface area contributed by atoms with Crippen LogP contribution in [0.5, 0.6) is 5.75 Å². The highest BCUT2D eigenvalue weighted by atomic mass is 35.5. The maximum absolute atomic E-state index is 13.3. The zero-order valence-electron chi connectivity index (χ0n) is 18.1. The molecule has 174 valence electrons. The van der Waals surface area contributed by atoms with Gasteiger partial charge in [-0.25, -0.2) is 9.36 Å². The van der Waals surface area contributed by atoms with Crippen LogP contribution < -0.4 is 21.3 Å². The standard InChI is InChI=1S/C24H20ClN3O5S/c1-33-20-7-6-15(14-29)10-17(20)12-27-19-8-9-34-22(19)23(31)28(24(27)32)13-21(30)26-11-16-4-2-3-5-18(16)25/h2-10,14H,11-13H2,1H3,(H,26,30). The average Bonchev–Trinajstić information content (AvgIpc) is 3.34. The SMILES string of the molecule is COc1ccc(C=O)cc1Cn1c(=O)n(CC(=O)NCc2ccccc2Cl)c(=O)c2sccc21. The molecule has 0 aliphatic rings. The van der Waals surface area contributed by atoms with E-state index in [4.69, 9.17) is 16.3 Å². The number of hydrogen-bond donors (Lipinski definition) is 1. The van der Waals surface area contributed by atoms with Crippen LogP contribution in [0.15, 0.2) is 63.5 Å². The molecule has 0 atom stereocenters. The van der Waals surface area contributed by atoms with Gasteiger partial charge in [0.15, 0.2) is 0 Å². The molecular formula is C24H20ClN3O5S. The van der Waals surface area contributed by atoms with Crippen LogP contribution in [-0.4, -0.2) is 28.4 Å². The molecule has 0 fully saturated rings. The fourth-order valence-corrected chi connectivity index (χ4v) is 4.67. The number of aromatic nitrogens is 2. The van der Waals surface area contributed by atoms with Crippen molar-refractivity contribution in [3.05, 3.63) is 96.5 Å². The van der Waals surface area contributed by atoms with Gasteiger partial charge in [-0.2, -0.15) is 0 Å². The Balaban J connectivity index is 1.69. The second-order valence-electron chi connectivity index (χ2n) is 7.45. The lowest BCUT2D eigenvalue weighted by atomic mass is 10.1. The number of aldehydes is 1. The van der Waals surface area contributed by atoms with E-state index in [1.165, 1.54) is 23.0 Å². The van der Waals surface area contributed by atoms with E-state index in [9.17, 15) is 19.2 Å². The number of benzene rings is 2. The molecule has 0 aliphatic heterocycles. The van der Waals surface area contributed by atoms with Gasteiger partial charge in [0.2, 0.25) is 5.91 Å². The Bertz CT molecular complexity index is 1500. The first-order valence-corrected chi connectivity index (χ1v) is 11.5. The van der Waals surface area contributed by atoms with Crippen LogP contribution in [0.4, 0.5) is 0 Å². The Morgan fingerprint density at radius 2 is 1.91 bits per heavy atom. The van der Waals surface area contributed by atoms with Gasteiger partial charge >= 0.3 is 5.69 Å². The van der Waals surface area contributed by atoms with Crippen molar-refractivity contribution in [2.45, 2.75) is 19.6 Å². The number of carbonyl (C=O) groups is 2. The van der Waals surface area contributed by atoms with Crippen molar-refractivity contribution in [2.75, 3.05) is 7.11 Å². The lowest BCUT2D eigenvalue weighted by Crippen LogP contribution is -2.43. The van der Waals surface area contributed by atoms with Gasteiger partial charge in [-0.15, -0.1) is 11.3 Å². The molecule has 4 aromatic rings. The molecule has 34 heavy (non-hydrogen) atoms. The topological polar surface area (TPSA) is 99.4 Å². The third-order valence-corrected chi connectivity index (χ3v) is 6.60. The van der Waals surface area contributed by atoms with E-state index in [0.29, 0.717) is 38.4 Å². The summed E-state index contributed by atoms with van der Waals surface area (Å²) < 4.78 is 8.05. The van der Waals surface area contributed by atoms with Gasteiger partial charge in [0, 0.05) is 22.7 Å². The predicted octanol–water partition coefficient (Wildman–Crippen LogP) is 3.06. The van der Waals surface area contributed by atoms with Gasteiger partial charge in [-0.1, -0.05) is 29.8 Å². The molecule has 4 rings (SSSR count). The fourth-order valence-electron chi connectivity index (χ4n) is 3.63. The lowest BCUT2D eigenvalue weighted by Gasteiger charge is -2.15. The third-order valence-electron chi connectivity index (χ3n) is 5.34. The van der Waals surface area contributed by atoms with Crippen LogP contribution >= 0.6 is 22.9 Å². The van der Waals surface area contributed by atoms with Crippen molar-refractivity contribution in [1.29, 1.82) is 0 Å². The molecule has 8 nitrogen and oxygen atoms in total. The van der Waals surface area contributed by atoms with E-state index in [0.717, 1.165) is 10.1 Å². The summed E-state index contributed by atoms with van der Waals surface area (Å²) in [6.45, 7) is -0.224. The lowest BCUT2D eigenvalue weighted by molar-refractivity contribution is -0.121. The summed E-state index contributed by atoms with van der Waals surface area (Å²) in [4.78, 5) is 50.2. The van der Waals surface area contributed by atoms with E-state index >= 15 is 0 Å². The number of halogens is 1. The van der Waals surface area contributed by atoms with E-state index in [1.54, 1.807) is 53.9 Å². The number of fused-ring (bicyclic) bond motifs is 1. The molecule has 2 aromatic carbocycles. The number of methoxy groups -OCH3 is 1. The van der Waals surface area contributed by atoms with Gasteiger partial charge in [0.25, 0.3) is 5.56 Å². The predicted molar refractivity (Wildman–Crippen MR) is 131 cm³/mol. The first kappa shape index (κ1) is 23.5. The van der Waals surface area contributed by atoms with E-state index in [-0.39, 0.29) is 13.1 Å². The van der Waals surface area contributed by atoms with Crippen LogP contribution in [0.25, 0.3) is 10.2 Å². The quantitative estimate of drug-likeness (QED) is 0.377. The highest BCUT2D eigenvalue weighted by molar-refractivity contribution is 7.17. The third kappa shape index (κ3) is 4.66.